The summed E-state index contributed by atoms with van der Waals surface area (Å²) in [4.78, 5) is 5.37. The number of anilines is 1. The molecule has 5 heteroatoms. The Kier molecular flexibility index (Phi) is 1.94. The van der Waals surface area contributed by atoms with Crippen LogP contribution < -0.4 is 5.73 Å². The van der Waals surface area contributed by atoms with Crippen molar-refractivity contribution in [3.8, 4) is 11.1 Å². The predicted octanol–water partition coefficient (Wildman–Crippen LogP) is 2.28. The van der Waals surface area contributed by atoms with E-state index in [-0.39, 0.29) is 0 Å². The summed E-state index contributed by atoms with van der Waals surface area (Å²) in [6, 6.07) is 2.06. The highest BCUT2D eigenvalue weighted by atomic mass is 32.1. The molecule has 0 saturated carbocycles. The van der Waals surface area contributed by atoms with Crippen molar-refractivity contribution in [1.29, 1.82) is 0 Å². The quantitative estimate of drug-likeness (QED) is 0.697. The number of fused-ring (bicyclic) bond motifs is 1. The number of nitrogens with zero attached hydrogens (tertiary/aromatic N) is 3. The van der Waals surface area contributed by atoms with Crippen LogP contribution in [0.15, 0.2) is 30.0 Å². The standard InChI is InChI=1S/C11H10N4S/c1-15-5-8(4-14-15)7-2-9-10(12)6-16-11(9)13-3-7/h2-6H,12H2,1H3. The second-order valence-electron chi connectivity index (χ2n) is 3.67. The van der Waals surface area contributed by atoms with E-state index >= 15 is 0 Å². The number of pyridine rings is 1. The Bertz CT molecular complexity index is 653. The molecule has 0 unspecified atom stereocenters. The second kappa shape index (κ2) is 3.31. The van der Waals surface area contributed by atoms with Gasteiger partial charge in [0.15, 0.2) is 0 Å². The summed E-state index contributed by atoms with van der Waals surface area (Å²) < 4.78 is 1.77. The Labute approximate surface area is 96.3 Å². The van der Waals surface area contributed by atoms with Crippen molar-refractivity contribution in [2.45, 2.75) is 0 Å². The Morgan fingerprint density at radius 2 is 2.19 bits per heavy atom. The molecule has 3 rings (SSSR count). The van der Waals surface area contributed by atoms with Gasteiger partial charge in [-0.05, 0) is 6.07 Å². The lowest BCUT2D eigenvalue weighted by Crippen LogP contribution is -1.85. The van der Waals surface area contributed by atoms with Crippen LogP contribution in [0, 0.1) is 0 Å². The molecular weight excluding hydrogens is 220 g/mol. The number of nitrogens with two attached hydrogens (primary N) is 1. The SMILES string of the molecule is Cn1cc(-c2cnc3scc(N)c3c2)cn1. The minimum Gasteiger partial charge on any atom is -0.398 e. The van der Waals surface area contributed by atoms with Crippen LogP contribution in [0.5, 0.6) is 0 Å². The van der Waals surface area contributed by atoms with Crippen LogP contribution in [-0.2, 0) is 7.05 Å². The molecule has 0 amide bonds. The van der Waals surface area contributed by atoms with Crippen LogP contribution >= 0.6 is 11.3 Å². The van der Waals surface area contributed by atoms with E-state index in [0.717, 1.165) is 27.0 Å². The number of aryl methyl sites for hydroxylation is 1. The molecular formula is C11H10N4S. The molecule has 0 aromatic carbocycles. The fraction of sp³-hybridized carbons (Fsp3) is 0.0909. The van der Waals surface area contributed by atoms with Crippen molar-refractivity contribution in [2.24, 2.45) is 7.05 Å². The number of hydrogen-bond acceptors (Lipinski definition) is 4. The third kappa shape index (κ3) is 1.37. The lowest BCUT2D eigenvalue weighted by molar-refractivity contribution is 0.768. The molecule has 0 atom stereocenters. The first kappa shape index (κ1) is 9.35. The van der Waals surface area contributed by atoms with Crippen molar-refractivity contribution in [1.82, 2.24) is 14.8 Å². The summed E-state index contributed by atoms with van der Waals surface area (Å²) in [5, 5.41) is 7.08. The first-order chi connectivity index (χ1) is 7.74. The van der Waals surface area contributed by atoms with Crippen LogP contribution in [0.3, 0.4) is 0 Å². The van der Waals surface area contributed by atoms with Crippen LogP contribution in [0.4, 0.5) is 5.69 Å². The monoisotopic (exact) mass is 230 g/mol. The van der Waals surface area contributed by atoms with Gasteiger partial charge in [-0.25, -0.2) is 4.98 Å². The Morgan fingerprint density at radius 3 is 2.94 bits per heavy atom. The van der Waals surface area contributed by atoms with Crippen molar-refractivity contribution >= 4 is 27.2 Å². The van der Waals surface area contributed by atoms with Crippen molar-refractivity contribution in [3.63, 3.8) is 0 Å². The first-order valence-corrected chi connectivity index (χ1v) is 5.74. The normalized spacial score (nSPS) is 11.1. The molecule has 3 heterocycles. The third-order valence-corrected chi connectivity index (χ3v) is 3.42. The molecule has 0 radical (unpaired) electrons. The fourth-order valence-corrected chi connectivity index (χ4v) is 2.45. The van der Waals surface area contributed by atoms with Gasteiger partial charge in [-0.2, -0.15) is 5.10 Å². The molecule has 80 valence electrons. The summed E-state index contributed by atoms with van der Waals surface area (Å²) in [6.45, 7) is 0. The van der Waals surface area contributed by atoms with Crippen LogP contribution in [-0.4, -0.2) is 14.8 Å². The van der Waals surface area contributed by atoms with Crippen molar-refractivity contribution in [3.05, 3.63) is 30.0 Å². The van der Waals surface area contributed by atoms with Gasteiger partial charge in [0, 0.05) is 41.3 Å². The summed E-state index contributed by atoms with van der Waals surface area (Å²) in [5.41, 5.74) is 8.77. The van der Waals surface area contributed by atoms with Crippen molar-refractivity contribution < 1.29 is 0 Å². The van der Waals surface area contributed by atoms with Gasteiger partial charge < -0.3 is 5.73 Å². The van der Waals surface area contributed by atoms with E-state index in [1.807, 2.05) is 31.0 Å². The summed E-state index contributed by atoms with van der Waals surface area (Å²) in [5.74, 6) is 0. The van der Waals surface area contributed by atoms with E-state index < -0.39 is 0 Å². The maximum atomic E-state index is 5.88. The van der Waals surface area contributed by atoms with Crippen LogP contribution in [0.1, 0.15) is 0 Å². The van der Waals surface area contributed by atoms with Gasteiger partial charge in [0.05, 0.1) is 11.9 Å². The highest BCUT2D eigenvalue weighted by Gasteiger charge is 2.06. The zero-order valence-corrected chi connectivity index (χ0v) is 9.53. The van der Waals surface area contributed by atoms with E-state index in [1.165, 1.54) is 0 Å². The van der Waals surface area contributed by atoms with Crippen LogP contribution in [0.2, 0.25) is 0 Å². The molecule has 0 saturated heterocycles. The number of thiophene rings is 1. The summed E-state index contributed by atoms with van der Waals surface area (Å²) in [7, 11) is 1.90. The second-order valence-corrected chi connectivity index (χ2v) is 4.53. The molecule has 0 spiro atoms. The average molecular weight is 230 g/mol. The van der Waals surface area contributed by atoms with Crippen LogP contribution in [0.25, 0.3) is 21.3 Å². The number of nitrogen functional groups attached to an aromatic ring is 1. The number of hydrogen-bond donors (Lipinski definition) is 1. The highest BCUT2D eigenvalue weighted by Crippen LogP contribution is 2.29. The topological polar surface area (TPSA) is 56.7 Å². The molecule has 0 bridgehead atoms. The largest absolute Gasteiger partial charge is 0.398 e. The van der Waals surface area contributed by atoms with Gasteiger partial charge >= 0.3 is 0 Å². The molecule has 16 heavy (non-hydrogen) atoms. The van der Waals surface area contributed by atoms with Gasteiger partial charge in [-0.1, -0.05) is 0 Å². The summed E-state index contributed by atoms with van der Waals surface area (Å²) >= 11 is 1.57. The van der Waals surface area contributed by atoms with E-state index in [1.54, 1.807) is 16.0 Å². The molecule has 0 aliphatic rings. The first-order valence-electron chi connectivity index (χ1n) is 4.86. The summed E-state index contributed by atoms with van der Waals surface area (Å²) in [6.07, 6.45) is 5.64. The smallest absolute Gasteiger partial charge is 0.125 e. The lowest BCUT2D eigenvalue weighted by Gasteiger charge is -1.97. The van der Waals surface area contributed by atoms with E-state index in [9.17, 15) is 0 Å². The minimum absolute atomic E-state index is 0.790. The van der Waals surface area contributed by atoms with Crippen molar-refractivity contribution in [2.75, 3.05) is 5.73 Å². The lowest BCUT2D eigenvalue weighted by atomic mass is 10.1. The maximum absolute atomic E-state index is 5.88. The van der Waals surface area contributed by atoms with Gasteiger partial charge in [0.2, 0.25) is 0 Å². The van der Waals surface area contributed by atoms with Gasteiger partial charge in [0.25, 0.3) is 0 Å². The highest BCUT2D eigenvalue weighted by molar-refractivity contribution is 7.17. The van der Waals surface area contributed by atoms with Gasteiger partial charge in [-0.3, -0.25) is 4.68 Å². The number of aromatic nitrogens is 3. The minimum atomic E-state index is 0.790. The Hall–Kier alpha value is -1.88. The molecule has 4 nitrogen and oxygen atoms in total. The predicted molar refractivity (Wildman–Crippen MR) is 66.2 cm³/mol. The molecule has 3 aromatic rings. The molecule has 0 fully saturated rings. The molecule has 3 aromatic heterocycles. The zero-order chi connectivity index (χ0) is 11.1. The fourth-order valence-electron chi connectivity index (χ4n) is 1.66. The van der Waals surface area contributed by atoms with E-state index in [4.69, 9.17) is 5.73 Å². The maximum Gasteiger partial charge on any atom is 0.125 e. The van der Waals surface area contributed by atoms with E-state index in [0.29, 0.717) is 0 Å². The molecule has 0 aliphatic heterocycles. The van der Waals surface area contributed by atoms with E-state index in [2.05, 4.69) is 16.1 Å². The zero-order valence-electron chi connectivity index (χ0n) is 8.71. The molecule has 0 aliphatic carbocycles. The van der Waals surface area contributed by atoms with Gasteiger partial charge in [-0.15, -0.1) is 11.3 Å². The van der Waals surface area contributed by atoms with Gasteiger partial charge in [0.1, 0.15) is 4.83 Å². The number of rotatable bonds is 1. The Morgan fingerprint density at radius 1 is 1.31 bits per heavy atom. The molecule has 2 N–H and O–H groups in total. The average Bonchev–Trinajstić information content (AvgIpc) is 2.86. The third-order valence-electron chi connectivity index (χ3n) is 2.50. The Balaban J connectivity index is 2.21.